The van der Waals surface area contributed by atoms with Crippen LogP contribution in [0.15, 0.2) is 48.5 Å². The summed E-state index contributed by atoms with van der Waals surface area (Å²) in [7, 11) is 0. The molecular formula is C16H12FNO2. The van der Waals surface area contributed by atoms with Gasteiger partial charge in [0.15, 0.2) is 6.61 Å². The lowest BCUT2D eigenvalue weighted by molar-refractivity contribution is 0.0917. The molecule has 0 unspecified atom stereocenters. The molecule has 100 valence electrons. The minimum Gasteiger partial charge on any atom is -0.485 e. The lowest BCUT2D eigenvalue weighted by Crippen LogP contribution is -2.13. The summed E-state index contributed by atoms with van der Waals surface area (Å²) in [5.74, 6) is -0.453. The van der Waals surface area contributed by atoms with Gasteiger partial charge in [0.25, 0.3) is 0 Å². The first-order valence-corrected chi connectivity index (χ1v) is 6.07. The van der Waals surface area contributed by atoms with Gasteiger partial charge in [-0.15, -0.1) is 0 Å². The van der Waals surface area contributed by atoms with Gasteiger partial charge in [0.05, 0.1) is 18.1 Å². The third-order valence-electron chi connectivity index (χ3n) is 2.75. The summed E-state index contributed by atoms with van der Waals surface area (Å²) in [5.41, 5.74) is 0.897. The lowest BCUT2D eigenvalue weighted by Gasteiger charge is -2.06. The van der Waals surface area contributed by atoms with Crippen molar-refractivity contribution in [3.05, 3.63) is 65.5 Å². The summed E-state index contributed by atoms with van der Waals surface area (Å²) in [5, 5.41) is 8.56. The van der Waals surface area contributed by atoms with Crippen LogP contribution in [0.1, 0.15) is 15.9 Å². The zero-order valence-corrected chi connectivity index (χ0v) is 10.7. The number of nitriles is 1. The Balaban J connectivity index is 1.97. The Kier molecular flexibility index (Phi) is 4.46. The molecule has 20 heavy (non-hydrogen) atoms. The molecule has 0 aliphatic heterocycles. The summed E-state index contributed by atoms with van der Waals surface area (Å²) in [6, 6.07) is 14.7. The van der Waals surface area contributed by atoms with Crippen LogP contribution >= 0.6 is 0 Å². The highest BCUT2D eigenvalue weighted by molar-refractivity contribution is 5.97. The molecule has 2 aromatic rings. The molecule has 0 saturated carbocycles. The van der Waals surface area contributed by atoms with Crippen molar-refractivity contribution in [3.8, 4) is 11.8 Å². The molecule has 0 aliphatic rings. The maximum absolute atomic E-state index is 13.4. The Bertz CT molecular complexity index is 644. The number of hydrogen-bond donors (Lipinski definition) is 0. The number of rotatable bonds is 5. The van der Waals surface area contributed by atoms with Gasteiger partial charge >= 0.3 is 0 Å². The first-order chi connectivity index (χ1) is 9.70. The third kappa shape index (κ3) is 3.42. The Labute approximate surface area is 116 Å². The van der Waals surface area contributed by atoms with Gasteiger partial charge in [0, 0.05) is 0 Å². The van der Waals surface area contributed by atoms with Gasteiger partial charge in [0.1, 0.15) is 11.6 Å². The van der Waals surface area contributed by atoms with Crippen LogP contribution in [-0.2, 0) is 6.42 Å². The number of hydrogen-bond acceptors (Lipinski definition) is 3. The Morgan fingerprint density at radius 2 is 1.85 bits per heavy atom. The zero-order valence-electron chi connectivity index (χ0n) is 10.7. The predicted octanol–water partition coefficient (Wildman–Crippen LogP) is 3.15. The maximum atomic E-state index is 13.4. The summed E-state index contributed by atoms with van der Waals surface area (Å²) in [4.78, 5) is 11.8. The highest BCUT2D eigenvalue weighted by atomic mass is 19.1. The van der Waals surface area contributed by atoms with E-state index in [0.717, 1.165) is 5.56 Å². The second-order valence-electron chi connectivity index (χ2n) is 4.17. The quantitative estimate of drug-likeness (QED) is 0.783. The van der Waals surface area contributed by atoms with E-state index in [9.17, 15) is 9.18 Å². The second-order valence-corrected chi connectivity index (χ2v) is 4.17. The average Bonchev–Trinajstić information content (AvgIpc) is 2.47. The normalized spacial score (nSPS) is 9.80. The number of halogens is 1. The zero-order chi connectivity index (χ0) is 14.4. The lowest BCUT2D eigenvalue weighted by atomic mass is 10.1. The van der Waals surface area contributed by atoms with Crippen molar-refractivity contribution in [2.24, 2.45) is 0 Å². The molecule has 0 amide bonds. The number of nitrogens with zero attached hydrogens (tertiary/aromatic N) is 1. The van der Waals surface area contributed by atoms with E-state index in [4.69, 9.17) is 10.00 Å². The standard InChI is InChI=1S/C16H12FNO2/c17-15-4-2-1-3-14(15)16(19)11-20-13-7-5-12(6-8-13)9-10-18/h1-8H,9,11H2. The summed E-state index contributed by atoms with van der Waals surface area (Å²) in [6.07, 6.45) is 0.328. The van der Waals surface area contributed by atoms with E-state index < -0.39 is 11.6 Å². The number of ether oxygens (including phenoxy) is 1. The van der Waals surface area contributed by atoms with Crippen molar-refractivity contribution in [2.75, 3.05) is 6.61 Å². The van der Waals surface area contributed by atoms with Crippen LogP contribution in [0, 0.1) is 17.1 Å². The van der Waals surface area contributed by atoms with Gasteiger partial charge in [-0.25, -0.2) is 4.39 Å². The van der Waals surface area contributed by atoms with Crippen molar-refractivity contribution in [1.29, 1.82) is 5.26 Å². The van der Waals surface area contributed by atoms with Gasteiger partial charge in [-0.1, -0.05) is 24.3 Å². The molecule has 3 nitrogen and oxygen atoms in total. The Morgan fingerprint density at radius 3 is 2.50 bits per heavy atom. The van der Waals surface area contributed by atoms with Crippen LogP contribution in [-0.4, -0.2) is 12.4 Å². The fourth-order valence-corrected chi connectivity index (χ4v) is 1.71. The van der Waals surface area contributed by atoms with Crippen molar-refractivity contribution in [2.45, 2.75) is 6.42 Å². The molecule has 2 aromatic carbocycles. The van der Waals surface area contributed by atoms with Crippen molar-refractivity contribution in [1.82, 2.24) is 0 Å². The number of carbonyl (C=O) groups excluding carboxylic acids is 1. The molecule has 0 N–H and O–H groups in total. The number of benzene rings is 2. The molecule has 2 rings (SSSR count). The summed E-state index contributed by atoms with van der Waals surface area (Å²) < 4.78 is 18.7. The van der Waals surface area contributed by atoms with E-state index in [2.05, 4.69) is 0 Å². The predicted molar refractivity (Wildman–Crippen MR) is 72.0 cm³/mol. The summed E-state index contributed by atoms with van der Waals surface area (Å²) in [6.45, 7) is -0.224. The summed E-state index contributed by atoms with van der Waals surface area (Å²) >= 11 is 0. The van der Waals surface area contributed by atoms with Crippen LogP contribution in [0.25, 0.3) is 0 Å². The number of Topliss-reactive ketones (excluding diaryl/α,β-unsaturated/α-hetero) is 1. The first-order valence-electron chi connectivity index (χ1n) is 6.07. The fourth-order valence-electron chi connectivity index (χ4n) is 1.71. The molecule has 0 atom stereocenters. The van der Waals surface area contributed by atoms with Crippen LogP contribution in [0.5, 0.6) is 5.75 Å². The molecule has 0 fully saturated rings. The fraction of sp³-hybridized carbons (Fsp3) is 0.125. The average molecular weight is 269 g/mol. The van der Waals surface area contributed by atoms with E-state index in [1.807, 2.05) is 6.07 Å². The van der Waals surface area contributed by atoms with Gasteiger partial charge in [-0.3, -0.25) is 4.79 Å². The minimum absolute atomic E-state index is 0.0219. The van der Waals surface area contributed by atoms with E-state index in [0.29, 0.717) is 12.2 Å². The molecule has 0 radical (unpaired) electrons. The largest absolute Gasteiger partial charge is 0.485 e. The second kappa shape index (κ2) is 6.48. The first kappa shape index (κ1) is 13.8. The molecule has 0 aromatic heterocycles. The van der Waals surface area contributed by atoms with E-state index >= 15 is 0 Å². The molecule has 0 spiro atoms. The van der Waals surface area contributed by atoms with Crippen molar-refractivity contribution < 1.29 is 13.9 Å². The van der Waals surface area contributed by atoms with Gasteiger partial charge in [0.2, 0.25) is 5.78 Å². The molecule has 0 saturated heterocycles. The van der Waals surface area contributed by atoms with E-state index in [-0.39, 0.29) is 12.2 Å². The smallest absolute Gasteiger partial charge is 0.203 e. The van der Waals surface area contributed by atoms with E-state index in [1.165, 1.54) is 18.2 Å². The van der Waals surface area contributed by atoms with Gasteiger partial charge < -0.3 is 4.74 Å². The molecule has 0 heterocycles. The monoisotopic (exact) mass is 269 g/mol. The van der Waals surface area contributed by atoms with Gasteiger partial charge in [-0.2, -0.15) is 5.26 Å². The van der Waals surface area contributed by atoms with E-state index in [1.54, 1.807) is 30.3 Å². The van der Waals surface area contributed by atoms with Crippen molar-refractivity contribution >= 4 is 5.78 Å². The van der Waals surface area contributed by atoms with Crippen molar-refractivity contribution in [3.63, 3.8) is 0 Å². The molecular weight excluding hydrogens is 257 g/mol. The number of carbonyl (C=O) groups is 1. The van der Waals surface area contributed by atoms with Crippen LogP contribution < -0.4 is 4.74 Å². The van der Waals surface area contributed by atoms with Gasteiger partial charge in [-0.05, 0) is 29.8 Å². The minimum atomic E-state index is -0.550. The Hall–Kier alpha value is -2.67. The topological polar surface area (TPSA) is 50.1 Å². The Morgan fingerprint density at radius 1 is 1.15 bits per heavy atom. The highest BCUT2D eigenvalue weighted by Crippen LogP contribution is 2.14. The molecule has 4 heteroatoms. The SMILES string of the molecule is N#CCc1ccc(OCC(=O)c2ccccc2F)cc1. The third-order valence-corrected chi connectivity index (χ3v) is 2.75. The number of ketones is 1. The maximum Gasteiger partial charge on any atom is 0.203 e. The van der Waals surface area contributed by atoms with Crippen LogP contribution in [0.2, 0.25) is 0 Å². The molecule has 0 aliphatic carbocycles. The molecule has 0 bridgehead atoms. The van der Waals surface area contributed by atoms with Crippen LogP contribution in [0.4, 0.5) is 4.39 Å². The highest BCUT2D eigenvalue weighted by Gasteiger charge is 2.11. The van der Waals surface area contributed by atoms with Crippen LogP contribution in [0.3, 0.4) is 0 Å².